The summed E-state index contributed by atoms with van der Waals surface area (Å²) in [5, 5.41) is 17.6. The molecule has 0 heterocycles. The number of methoxy groups -OCH3 is 2. The summed E-state index contributed by atoms with van der Waals surface area (Å²) in [5.41, 5.74) is -0.0653. The lowest BCUT2D eigenvalue weighted by molar-refractivity contribution is -0.140. The van der Waals surface area contributed by atoms with E-state index in [1.54, 1.807) is 24.3 Å². The van der Waals surface area contributed by atoms with Crippen LogP contribution in [0.25, 0.3) is 0 Å². The molecule has 1 N–H and O–H groups in total. The second-order valence-corrected chi connectivity index (χ2v) is 4.15. The average Bonchev–Trinajstić information content (AvgIpc) is 2.48. The molecule has 1 rings (SSSR count). The minimum atomic E-state index is -0.922. The first-order valence-electron chi connectivity index (χ1n) is 5.72. The maximum Gasteiger partial charge on any atom is 0.362 e. The van der Waals surface area contributed by atoms with Crippen LogP contribution < -0.4 is 0 Å². The Hall–Kier alpha value is -2.41. The summed E-state index contributed by atoms with van der Waals surface area (Å²) >= 11 is 5.72. The van der Waals surface area contributed by atoms with Crippen LogP contribution in [0.1, 0.15) is 6.42 Å². The average molecular weight is 313 g/mol. The Bertz CT molecular complexity index is 581. The highest BCUT2D eigenvalue weighted by Gasteiger charge is 2.18. The number of azo groups is 1. The van der Waals surface area contributed by atoms with Crippen molar-refractivity contribution in [1.29, 1.82) is 0 Å². The van der Waals surface area contributed by atoms with Crippen molar-refractivity contribution >= 4 is 29.2 Å². The van der Waals surface area contributed by atoms with Gasteiger partial charge in [-0.3, -0.25) is 4.79 Å². The molecule has 0 aliphatic carbocycles. The van der Waals surface area contributed by atoms with E-state index in [1.807, 2.05) is 0 Å². The third-order valence-corrected chi connectivity index (χ3v) is 2.54. The summed E-state index contributed by atoms with van der Waals surface area (Å²) in [6.45, 7) is 0. The van der Waals surface area contributed by atoms with Crippen LogP contribution in [0.4, 0.5) is 5.69 Å². The van der Waals surface area contributed by atoms with Gasteiger partial charge < -0.3 is 14.6 Å². The van der Waals surface area contributed by atoms with Gasteiger partial charge in [0.05, 0.1) is 19.9 Å². The molecule has 0 aliphatic heterocycles. The Morgan fingerprint density at radius 3 is 2.33 bits per heavy atom. The first-order valence-corrected chi connectivity index (χ1v) is 6.10. The highest BCUT2D eigenvalue weighted by Crippen LogP contribution is 2.19. The molecule has 1 aromatic rings. The Balaban J connectivity index is 3.03. The molecule has 0 bridgehead atoms. The van der Waals surface area contributed by atoms with E-state index in [-0.39, 0.29) is 0 Å². The molecule has 0 saturated carbocycles. The van der Waals surface area contributed by atoms with E-state index in [4.69, 9.17) is 11.6 Å². The molecule has 0 aliphatic rings. The van der Waals surface area contributed by atoms with Crippen LogP contribution in [0.5, 0.6) is 0 Å². The number of carbonyl (C=O) groups is 2. The number of halogens is 1. The van der Waals surface area contributed by atoms with Gasteiger partial charge in [-0.25, -0.2) is 4.79 Å². The van der Waals surface area contributed by atoms with Gasteiger partial charge in [-0.15, -0.1) is 5.11 Å². The number of ether oxygens (including phenoxy) is 2. The molecule has 0 radical (unpaired) electrons. The van der Waals surface area contributed by atoms with Crippen molar-refractivity contribution in [1.82, 2.24) is 0 Å². The Kier molecular flexibility index (Phi) is 6.35. The summed E-state index contributed by atoms with van der Waals surface area (Å²) < 4.78 is 8.86. The summed E-state index contributed by atoms with van der Waals surface area (Å²) in [7, 11) is 2.27. The minimum Gasteiger partial charge on any atom is -0.509 e. The van der Waals surface area contributed by atoms with Crippen molar-refractivity contribution < 1.29 is 24.2 Å². The lowest BCUT2D eigenvalue weighted by atomic mass is 10.3. The highest BCUT2D eigenvalue weighted by atomic mass is 35.5. The maximum absolute atomic E-state index is 11.5. The monoisotopic (exact) mass is 312 g/mol. The van der Waals surface area contributed by atoms with Gasteiger partial charge in [0.2, 0.25) is 5.70 Å². The zero-order valence-electron chi connectivity index (χ0n) is 11.4. The molecule has 112 valence electrons. The Labute approximate surface area is 125 Å². The van der Waals surface area contributed by atoms with Gasteiger partial charge in [0.1, 0.15) is 12.2 Å². The SMILES string of the molecule is COC(=O)C/C(O)=C(/N=Nc1ccc(Cl)cc1)C(=O)OC. The number of rotatable bonds is 5. The molecule has 0 fully saturated rings. The molecule has 0 spiro atoms. The lowest BCUT2D eigenvalue weighted by Gasteiger charge is -2.03. The summed E-state index contributed by atoms with van der Waals surface area (Å²) in [4.78, 5) is 22.6. The molecule has 0 amide bonds. The minimum absolute atomic E-state index is 0.409. The number of aliphatic hydroxyl groups is 1. The fourth-order valence-electron chi connectivity index (χ4n) is 1.22. The second kappa shape index (κ2) is 8.01. The molecular weight excluding hydrogens is 300 g/mol. The van der Waals surface area contributed by atoms with Crippen LogP contribution in [0.15, 0.2) is 46.0 Å². The van der Waals surface area contributed by atoms with E-state index in [0.29, 0.717) is 10.7 Å². The topological polar surface area (TPSA) is 97.5 Å². The lowest BCUT2D eigenvalue weighted by Crippen LogP contribution is -2.09. The van der Waals surface area contributed by atoms with Crippen molar-refractivity contribution in [2.45, 2.75) is 6.42 Å². The largest absolute Gasteiger partial charge is 0.509 e. The summed E-state index contributed by atoms with van der Waals surface area (Å²) in [5.74, 6) is -2.24. The van der Waals surface area contributed by atoms with E-state index in [9.17, 15) is 14.7 Å². The number of hydrogen-bond donors (Lipinski definition) is 1. The zero-order chi connectivity index (χ0) is 15.8. The van der Waals surface area contributed by atoms with Gasteiger partial charge in [0.15, 0.2) is 0 Å². The number of hydrogen-bond acceptors (Lipinski definition) is 7. The van der Waals surface area contributed by atoms with Gasteiger partial charge in [-0.05, 0) is 24.3 Å². The standard InChI is InChI=1S/C13H13ClN2O5/c1-20-11(18)7-10(17)12(13(19)21-2)16-15-9-5-3-8(14)4-6-9/h3-6,17H,7H2,1-2H3/b12-10-,16-15?. The van der Waals surface area contributed by atoms with Crippen LogP contribution in [0, 0.1) is 0 Å². The van der Waals surface area contributed by atoms with E-state index in [1.165, 1.54) is 0 Å². The fourth-order valence-corrected chi connectivity index (χ4v) is 1.35. The molecule has 21 heavy (non-hydrogen) atoms. The van der Waals surface area contributed by atoms with E-state index in [0.717, 1.165) is 14.2 Å². The Morgan fingerprint density at radius 1 is 1.19 bits per heavy atom. The quantitative estimate of drug-likeness (QED) is 0.390. The van der Waals surface area contributed by atoms with Crippen molar-refractivity contribution in [3.63, 3.8) is 0 Å². The Morgan fingerprint density at radius 2 is 1.81 bits per heavy atom. The normalized spacial score (nSPS) is 12.0. The van der Waals surface area contributed by atoms with E-state index in [2.05, 4.69) is 19.7 Å². The molecule has 0 aromatic heterocycles. The molecule has 0 saturated heterocycles. The van der Waals surface area contributed by atoms with Gasteiger partial charge in [0.25, 0.3) is 0 Å². The van der Waals surface area contributed by atoms with Crippen LogP contribution in [-0.4, -0.2) is 31.3 Å². The van der Waals surface area contributed by atoms with Crippen molar-refractivity contribution in [3.05, 3.63) is 40.7 Å². The van der Waals surface area contributed by atoms with Crippen molar-refractivity contribution in [3.8, 4) is 0 Å². The summed E-state index contributed by atoms with van der Waals surface area (Å²) in [6.07, 6.45) is -0.513. The maximum atomic E-state index is 11.5. The molecular formula is C13H13ClN2O5. The van der Waals surface area contributed by atoms with Crippen molar-refractivity contribution in [2.75, 3.05) is 14.2 Å². The number of carbonyl (C=O) groups excluding carboxylic acids is 2. The van der Waals surface area contributed by atoms with Gasteiger partial charge in [-0.2, -0.15) is 5.11 Å². The van der Waals surface area contributed by atoms with Crippen LogP contribution in [0.2, 0.25) is 5.02 Å². The van der Waals surface area contributed by atoms with Gasteiger partial charge in [-0.1, -0.05) is 11.6 Å². The van der Waals surface area contributed by atoms with Gasteiger partial charge in [0, 0.05) is 5.02 Å². The molecule has 0 atom stereocenters. The third-order valence-electron chi connectivity index (χ3n) is 2.28. The number of benzene rings is 1. The number of esters is 2. The second-order valence-electron chi connectivity index (χ2n) is 3.72. The molecule has 8 heteroatoms. The third kappa shape index (κ3) is 5.23. The smallest absolute Gasteiger partial charge is 0.362 e. The number of aliphatic hydroxyl groups excluding tert-OH is 1. The fraction of sp³-hybridized carbons (Fsp3) is 0.231. The highest BCUT2D eigenvalue weighted by molar-refractivity contribution is 6.30. The van der Waals surface area contributed by atoms with Crippen LogP contribution >= 0.6 is 11.6 Å². The van der Waals surface area contributed by atoms with E-state index >= 15 is 0 Å². The zero-order valence-corrected chi connectivity index (χ0v) is 12.1. The molecule has 0 unspecified atom stereocenters. The first kappa shape index (κ1) is 16.6. The van der Waals surface area contributed by atoms with E-state index < -0.39 is 29.8 Å². The van der Waals surface area contributed by atoms with Crippen molar-refractivity contribution in [2.24, 2.45) is 10.2 Å². The van der Waals surface area contributed by atoms with Crippen LogP contribution in [-0.2, 0) is 19.1 Å². The first-order chi connectivity index (χ1) is 9.97. The predicted molar refractivity (Wildman–Crippen MR) is 74.3 cm³/mol. The predicted octanol–water partition coefficient (Wildman–Crippen LogP) is 2.93. The number of nitrogens with zero attached hydrogens (tertiary/aromatic N) is 2. The summed E-state index contributed by atoms with van der Waals surface area (Å²) in [6, 6.07) is 6.31. The molecule has 1 aromatic carbocycles. The molecule has 7 nitrogen and oxygen atoms in total. The van der Waals surface area contributed by atoms with Crippen LogP contribution in [0.3, 0.4) is 0 Å². The van der Waals surface area contributed by atoms with Gasteiger partial charge >= 0.3 is 11.9 Å².